The molecule has 16 heavy (non-hydrogen) atoms. The molecule has 0 atom stereocenters. The number of aromatic carboxylic acids is 1. The summed E-state index contributed by atoms with van der Waals surface area (Å²) in [5.41, 5.74) is 0. The van der Waals surface area contributed by atoms with E-state index in [9.17, 15) is 9.59 Å². The molecular formula is C10H13NO4S. The normalized spacial score (nSPS) is 9.81. The van der Waals surface area contributed by atoms with Crippen molar-refractivity contribution in [3.63, 3.8) is 0 Å². The maximum absolute atomic E-state index is 11.2. The van der Waals surface area contributed by atoms with E-state index in [1.165, 1.54) is 6.07 Å². The molecule has 0 spiro atoms. The van der Waals surface area contributed by atoms with Gasteiger partial charge in [0.15, 0.2) is 6.61 Å². The number of carbonyl (C=O) groups excluding carboxylic acids is 1. The van der Waals surface area contributed by atoms with E-state index in [2.05, 4.69) is 5.32 Å². The van der Waals surface area contributed by atoms with Gasteiger partial charge >= 0.3 is 5.97 Å². The van der Waals surface area contributed by atoms with Crippen LogP contribution in [0, 0.1) is 0 Å². The minimum Gasteiger partial charge on any atom is -0.483 e. The van der Waals surface area contributed by atoms with Gasteiger partial charge in [-0.25, -0.2) is 4.79 Å². The largest absolute Gasteiger partial charge is 0.483 e. The maximum atomic E-state index is 11.2. The van der Waals surface area contributed by atoms with Gasteiger partial charge in [0.1, 0.15) is 10.6 Å². The molecule has 0 saturated heterocycles. The molecular weight excluding hydrogens is 230 g/mol. The van der Waals surface area contributed by atoms with Crippen molar-refractivity contribution in [2.75, 3.05) is 13.2 Å². The summed E-state index contributed by atoms with van der Waals surface area (Å²) < 4.78 is 5.13. The van der Waals surface area contributed by atoms with Gasteiger partial charge in [0.25, 0.3) is 5.91 Å². The number of carboxylic acid groups (broad SMARTS) is 1. The van der Waals surface area contributed by atoms with Crippen molar-refractivity contribution in [1.82, 2.24) is 5.32 Å². The van der Waals surface area contributed by atoms with Crippen molar-refractivity contribution < 1.29 is 19.4 Å². The molecule has 0 aromatic carbocycles. The summed E-state index contributed by atoms with van der Waals surface area (Å²) in [7, 11) is 0. The van der Waals surface area contributed by atoms with Crippen LogP contribution in [0.3, 0.4) is 0 Å². The molecule has 0 unspecified atom stereocenters. The Kier molecular flexibility index (Phi) is 4.78. The van der Waals surface area contributed by atoms with Crippen molar-refractivity contribution in [2.45, 2.75) is 13.3 Å². The fourth-order valence-corrected chi connectivity index (χ4v) is 1.64. The Hall–Kier alpha value is -1.56. The average molecular weight is 243 g/mol. The van der Waals surface area contributed by atoms with Crippen molar-refractivity contribution in [2.24, 2.45) is 0 Å². The molecule has 1 amide bonds. The molecule has 0 fully saturated rings. The second-order valence-corrected chi connectivity index (χ2v) is 4.00. The quantitative estimate of drug-likeness (QED) is 0.790. The summed E-state index contributed by atoms with van der Waals surface area (Å²) >= 11 is 1.07. The van der Waals surface area contributed by atoms with E-state index in [0.717, 1.165) is 17.8 Å². The summed E-state index contributed by atoms with van der Waals surface area (Å²) in [4.78, 5) is 21.9. The second kappa shape index (κ2) is 6.12. The third-order valence-electron chi connectivity index (χ3n) is 1.73. The minimum atomic E-state index is -0.990. The zero-order valence-corrected chi connectivity index (χ0v) is 9.67. The van der Waals surface area contributed by atoms with Gasteiger partial charge in [0, 0.05) is 18.0 Å². The standard InChI is InChI=1S/C10H13NO4S/c1-2-3-11-9(12)5-15-7-4-8(10(13)14)16-6-7/h4,6H,2-3,5H2,1H3,(H,11,12)(H,13,14). The Balaban J connectivity index is 2.36. The van der Waals surface area contributed by atoms with E-state index >= 15 is 0 Å². The molecule has 5 nitrogen and oxygen atoms in total. The molecule has 1 aromatic rings. The highest BCUT2D eigenvalue weighted by Crippen LogP contribution is 2.21. The van der Waals surface area contributed by atoms with E-state index < -0.39 is 5.97 Å². The Morgan fingerprint density at radius 1 is 1.56 bits per heavy atom. The number of ether oxygens (including phenoxy) is 1. The Labute approximate surface area is 97.0 Å². The third-order valence-corrected chi connectivity index (χ3v) is 2.62. The summed E-state index contributed by atoms with van der Waals surface area (Å²) in [6.45, 7) is 2.49. The van der Waals surface area contributed by atoms with Crippen molar-refractivity contribution >= 4 is 23.2 Å². The van der Waals surface area contributed by atoms with Gasteiger partial charge in [-0.2, -0.15) is 0 Å². The molecule has 0 bridgehead atoms. The molecule has 0 radical (unpaired) electrons. The van der Waals surface area contributed by atoms with E-state index in [1.807, 2.05) is 6.92 Å². The first-order chi connectivity index (χ1) is 7.63. The number of nitrogens with one attached hydrogen (secondary N) is 1. The highest BCUT2D eigenvalue weighted by molar-refractivity contribution is 7.12. The Morgan fingerprint density at radius 2 is 2.31 bits per heavy atom. The van der Waals surface area contributed by atoms with Crippen LogP contribution in [0.2, 0.25) is 0 Å². The van der Waals surface area contributed by atoms with Crippen molar-refractivity contribution in [3.05, 3.63) is 16.3 Å². The lowest BCUT2D eigenvalue weighted by Gasteiger charge is -2.04. The average Bonchev–Trinajstić information content (AvgIpc) is 2.72. The summed E-state index contributed by atoms with van der Waals surface area (Å²) in [6, 6.07) is 1.40. The number of rotatable bonds is 6. The van der Waals surface area contributed by atoms with E-state index in [4.69, 9.17) is 9.84 Å². The van der Waals surface area contributed by atoms with Gasteiger partial charge in [-0.1, -0.05) is 6.92 Å². The van der Waals surface area contributed by atoms with Crippen LogP contribution in [0.25, 0.3) is 0 Å². The molecule has 1 rings (SSSR count). The monoisotopic (exact) mass is 243 g/mol. The van der Waals surface area contributed by atoms with Crippen LogP contribution in [0.5, 0.6) is 5.75 Å². The summed E-state index contributed by atoms with van der Waals surface area (Å²) in [6.07, 6.45) is 0.868. The van der Waals surface area contributed by atoms with Crippen LogP contribution in [0.15, 0.2) is 11.4 Å². The third kappa shape index (κ3) is 3.90. The lowest BCUT2D eigenvalue weighted by molar-refractivity contribution is -0.123. The maximum Gasteiger partial charge on any atom is 0.346 e. The molecule has 0 aliphatic heterocycles. The molecule has 1 heterocycles. The molecule has 1 aromatic heterocycles. The first-order valence-electron chi connectivity index (χ1n) is 4.84. The number of amides is 1. The number of hydrogen-bond acceptors (Lipinski definition) is 4. The summed E-state index contributed by atoms with van der Waals surface area (Å²) in [5.74, 6) is -0.783. The van der Waals surface area contributed by atoms with Crippen molar-refractivity contribution in [1.29, 1.82) is 0 Å². The van der Waals surface area contributed by atoms with Crippen molar-refractivity contribution in [3.8, 4) is 5.75 Å². The smallest absolute Gasteiger partial charge is 0.346 e. The molecule has 6 heteroatoms. The Morgan fingerprint density at radius 3 is 2.88 bits per heavy atom. The Bertz CT molecular complexity index is 375. The van der Waals surface area contributed by atoms with Gasteiger partial charge in [-0.3, -0.25) is 4.79 Å². The molecule has 0 aliphatic rings. The second-order valence-electron chi connectivity index (χ2n) is 3.09. The molecule has 88 valence electrons. The van der Waals surface area contributed by atoms with Gasteiger partial charge in [0.2, 0.25) is 0 Å². The lowest BCUT2D eigenvalue weighted by Crippen LogP contribution is -2.29. The first-order valence-corrected chi connectivity index (χ1v) is 5.72. The van der Waals surface area contributed by atoms with E-state index in [1.54, 1.807) is 5.38 Å². The minimum absolute atomic E-state index is 0.0875. The van der Waals surface area contributed by atoms with E-state index in [-0.39, 0.29) is 17.4 Å². The predicted molar refractivity (Wildman–Crippen MR) is 60.1 cm³/mol. The fraction of sp³-hybridized carbons (Fsp3) is 0.400. The van der Waals surface area contributed by atoms with Crippen LogP contribution < -0.4 is 10.1 Å². The zero-order chi connectivity index (χ0) is 12.0. The fourth-order valence-electron chi connectivity index (χ4n) is 0.971. The van der Waals surface area contributed by atoms with Gasteiger partial charge < -0.3 is 15.2 Å². The predicted octanol–water partition coefficient (Wildman–Crippen LogP) is 1.35. The molecule has 0 saturated carbocycles. The van der Waals surface area contributed by atoms with Crippen LogP contribution in [0.4, 0.5) is 0 Å². The highest BCUT2D eigenvalue weighted by atomic mass is 32.1. The topological polar surface area (TPSA) is 75.6 Å². The molecule has 0 aliphatic carbocycles. The number of thiophene rings is 1. The van der Waals surface area contributed by atoms with Crippen LogP contribution in [0.1, 0.15) is 23.0 Å². The zero-order valence-electron chi connectivity index (χ0n) is 8.86. The number of hydrogen-bond donors (Lipinski definition) is 2. The number of carboxylic acids is 1. The van der Waals surface area contributed by atoms with Gasteiger partial charge in [-0.15, -0.1) is 11.3 Å². The van der Waals surface area contributed by atoms with Crippen LogP contribution in [-0.4, -0.2) is 30.1 Å². The lowest BCUT2D eigenvalue weighted by atomic mass is 10.4. The highest BCUT2D eigenvalue weighted by Gasteiger charge is 2.08. The van der Waals surface area contributed by atoms with Gasteiger partial charge in [0.05, 0.1) is 0 Å². The molecule has 2 N–H and O–H groups in total. The van der Waals surface area contributed by atoms with Crippen LogP contribution >= 0.6 is 11.3 Å². The van der Waals surface area contributed by atoms with Crippen LogP contribution in [-0.2, 0) is 4.79 Å². The van der Waals surface area contributed by atoms with E-state index in [0.29, 0.717) is 12.3 Å². The summed E-state index contributed by atoms with van der Waals surface area (Å²) in [5, 5.41) is 12.9. The number of carbonyl (C=O) groups is 2. The SMILES string of the molecule is CCCNC(=O)COc1csc(C(=O)O)c1. The van der Waals surface area contributed by atoms with Gasteiger partial charge in [-0.05, 0) is 6.42 Å². The first kappa shape index (κ1) is 12.5.